The van der Waals surface area contributed by atoms with Crippen LogP contribution in [0.25, 0.3) is 0 Å². The largest absolute Gasteiger partial charge is 0.467 e. The Morgan fingerprint density at radius 1 is 1.26 bits per heavy atom. The Kier molecular flexibility index (Phi) is 4.26. The maximum absolute atomic E-state index is 12.9. The summed E-state index contributed by atoms with van der Waals surface area (Å²) < 4.78 is 28.9. The summed E-state index contributed by atoms with van der Waals surface area (Å²) >= 11 is 0. The van der Waals surface area contributed by atoms with Crippen molar-refractivity contribution in [1.29, 1.82) is 0 Å². The van der Waals surface area contributed by atoms with Gasteiger partial charge in [-0.3, -0.25) is 4.79 Å². The lowest BCUT2D eigenvalue weighted by atomic mass is 10.1. The molecule has 5 nitrogen and oxygen atoms in total. The van der Waals surface area contributed by atoms with Gasteiger partial charge in [-0.25, -0.2) is 8.42 Å². The molecule has 0 bridgehead atoms. The first-order chi connectivity index (χ1) is 10.9. The molecule has 1 saturated heterocycles. The first-order valence-electron chi connectivity index (χ1n) is 7.55. The molecule has 0 aliphatic carbocycles. The SMILES string of the molecule is Cc1ccc(C(=O)N(Cc2ccco2)[C@@H]2CCS(=O)(=O)C2)cc1. The second-order valence-electron chi connectivity index (χ2n) is 5.94. The zero-order chi connectivity index (χ0) is 16.4. The molecule has 1 aromatic heterocycles. The number of carbonyl (C=O) groups excluding carboxylic acids is 1. The second-order valence-corrected chi connectivity index (χ2v) is 8.16. The summed E-state index contributed by atoms with van der Waals surface area (Å²) in [6.07, 6.45) is 2.02. The average Bonchev–Trinajstić information content (AvgIpc) is 3.14. The maximum Gasteiger partial charge on any atom is 0.254 e. The third-order valence-corrected chi connectivity index (χ3v) is 5.87. The molecule has 1 amide bonds. The molecule has 0 radical (unpaired) electrons. The van der Waals surface area contributed by atoms with Crippen molar-refractivity contribution in [3.8, 4) is 0 Å². The summed E-state index contributed by atoms with van der Waals surface area (Å²) in [4.78, 5) is 14.5. The van der Waals surface area contributed by atoms with Gasteiger partial charge in [0.15, 0.2) is 9.84 Å². The standard InChI is InChI=1S/C17H19NO4S/c1-13-4-6-14(7-5-13)17(19)18(11-16-3-2-9-22-16)15-8-10-23(20,21)12-15/h2-7,9,15H,8,10-12H2,1H3/t15-/m1/s1. The number of hydrogen-bond acceptors (Lipinski definition) is 4. The lowest BCUT2D eigenvalue weighted by Gasteiger charge is -2.27. The van der Waals surface area contributed by atoms with Gasteiger partial charge in [0, 0.05) is 11.6 Å². The van der Waals surface area contributed by atoms with Crippen molar-refractivity contribution >= 4 is 15.7 Å². The zero-order valence-corrected chi connectivity index (χ0v) is 13.8. The molecule has 2 aromatic rings. The van der Waals surface area contributed by atoms with Crippen LogP contribution in [0, 0.1) is 6.92 Å². The highest BCUT2D eigenvalue weighted by Gasteiger charge is 2.35. The zero-order valence-electron chi connectivity index (χ0n) is 12.9. The molecule has 122 valence electrons. The van der Waals surface area contributed by atoms with Gasteiger partial charge in [0.2, 0.25) is 0 Å². The molecule has 3 rings (SSSR count). The van der Waals surface area contributed by atoms with E-state index >= 15 is 0 Å². The highest BCUT2D eigenvalue weighted by atomic mass is 32.2. The van der Waals surface area contributed by atoms with Gasteiger partial charge in [0.25, 0.3) is 5.91 Å². The Bertz CT molecular complexity index is 779. The molecule has 0 N–H and O–H groups in total. The normalized spacial score (nSPS) is 19.6. The fourth-order valence-electron chi connectivity index (χ4n) is 2.82. The number of rotatable bonds is 4. The summed E-state index contributed by atoms with van der Waals surface area (Å²) in [5.74, 6) is 0.636. The van der Waals surface area contributed by atoms with Crippen molar-refractivity contribution in [1.82, 2.24) is 4.90 Å². The first kappa shape index (κ1) is 15.8. The Morgan fingerprint density at radius 3 is 2.57 bits per heavy atom. The van der Waals surface area contributed by atoms with Crippen LogP contribution in [0.1, 0.15) is 28.1 Å². The van der Waals surface area contributed by atoms with Crippen molar-refractivity contribution in [3.05, 3.63) is 59.5 Å². The van der Waals surface area contributed by atoms with Gasteiger partial charge in [-0.05, 0) is 37.6 Å². The van der Waals surface area contributed by atoms with Crippen LogP contribution >= 0.6 is 0 Å². The van der Waals surface area contributed by atoms with Gasteiger partial charge in [0.05, 0.1) is 24.3 Å². The van der Waals surface area contributed by atoms with Crippen molar-refractivity contribution in [3.63, 3.8) is 0 Å². The first-order valence-corrected chi connectivity index (χ1v) is 9.37. The minimum absolute atomic E-state index is 0.0192. The molecule has 1 aliphatic rings. The maximum atomic E-state index is 12.9. The van der Waals surface area contributed by atoms with Gasteiger partial charge in [-0.2, -0.15) is 0 Å². The summed E-state index contributed by atoms with van der Waals surface area (Å²) in [5.41, 5.74) is 1.63. The summed E-state index contributed by atoms with van der Waals surface area (Å²) in [6, 6.07) is 10.5. The molecule has 0 saturated carbocycles. The molecular weight excluding hydrogens is 314 g/mol. The number of aryl methyl sites for hydroxylation is 1. The van der Waals surface area contributed by atoms with E-state index in [0.717, 1.165) is 5.56 Å². The van der Waals surface area contributed by atoms with E-state index in [1.54, 1.807) is 35.4 Å². The highest BCUT2D eigenvalue weighted by Crippen LogP contribution is 2.22. The number of amides is 1. The number of nitrogens with zero attached hydrogens (tertiary/aromatic N) is 1. The Hall–Kier alpha value is -2.08. The van der Waals surface area contributed by atoms with E-state index in [-0.39, 0.29) is 30.0 Å². The molecule has 1 fully saturated rings. The highest BCUT2D eigenvalue weighted by molar-refractivity contribution is 7.91. The van der Waals surface area contributed by atoms with Crippen LogP contribution in [-0.2, 0) is 16.4 Å². The molecule has 1 aliphatic heterocycles. The minimum Gasteiger partial charge on any atom is -0.467 e. The van der Waals surface area contributed by atoms with Crippen molar-refractivity contribution < 1.29 is 17.6 Å². The van der Waals surface area contributed by atoms with Crippen molar-refractivity contribution in [2.45, 2.75) is 25.9 Å². The molecule has 23 heavy (non-hydrogen) atoms. The Labute approximate surface area is 135 Å². The topological polar surface area (TPSA) is 67.6 Å². The molecule has 0 spiro atoms. The summed E-state index contributed by atoms with van der Waals surface area (Å²) in [7, 11) is -3.07. The van der Waals surface area contributed by atoms with Crippen LogP contribution in [0.3, 0.4) is 0 Å². The smallest absolute Gasteiger partial charge is 0.254 e. The van der Waals surface area contributed by atoms with E-state index in [1.807, 2.05) is 19.1 Å². The predicted octanol–water partition coefficient (Wildman–Crippen LogP) is 2.42. The molecular formula is C17H19NO4S. The lowest BCUT2D eigenvalue weighted by Crippen LogP contribution is -2.40. The molecule has 6 heteroatoms. The van der Waals surface area contributed by atoms with Gasteiger partial charge < -0.3 is 9.32 Å². The van der Waals surface area contributed by atoms with Crippen LogP contribution < -0.4 is 0 Å². The number of hydrogen-bond donors (Lipinski definition) is 0. The molecule has 0 unspecified atom stereocenters. The second kappa shape index (κ2) is 6.20. The summed E-state index contributed by atoms with van der Waals surface area (Å²) in [5, 5.41) is 0. The third-order valence-electron chi connectivity index (χ3n) is 4.11. The quantitative estimate of drug-likeness (QED) is 0.862. The van der Waals surface area contributed by atoms with E-state index in [0.29, 0.717) is 17.7 Å². The number of furan rings is 1. The van der Waals surface area contributed by atoms with Crippen LogP contribution in [0.2, 0.25) is 0 Å². The van der Waals surface area contributed by atoms with Gasteiger partial charge in [-0.1, -0.05) is 17.7 Å². The Balaban J connectivity index is 1.88. The fourth-order valence-corrected chi connectivity index (χ4v) is 4.55. The van der Waals surface area contributed by atoms with Gasteiger partial charge >= 0.3 is 0 Å². The third kappa shape index (κ3) is 3.64. The lowest BCUT2D eigenvalue weighted by molar-refractivity contribution is 0.0666. The number of benzene rings is 1. The van der Waals surface area contributed by atoms with Crippen molar-refractivity contribution in [2.24, 2.45) is 0 Å². The number of carbonyl (C=O) groups is 1. The molecule has 1 aromatic carbocycles. The average molecular weight is 333 g/mol. The van der Waals surface area contributed by atoms with E-state index in [1.165, 1.54) is 0 Å². The predicted molar refractivity (Wildman–Crippen MR) is 86.8 cm³/mol. The monoisotopic (exact) mass is 333 g/mol. The van der Waals surface area contributed by atoms with Crippen LogP contribution in [0.4, 0.5) is 0 Å². The van der Waals surface area contributed by atoms with Crippen LogP contribution in [0.15, 0.2) is 47.1 Å². The molecule has 1 atom stereocenters. The van der Waals surface area contributed by atoms with Crippen molar-refractivity contribution in [2.75, 3.05) is 11.5 Å². The van der Waals surface area contributed by atoms with E-state index in [2.05, 4.69) is 0 Å². The van der Waals surface area contributed by atoms with E-state index in [9.17, 15) is 13.2 Å². The van der Waals surface area contributed by atoms with E-state index < -0.39 is 9.84 Å². The molecule has 2 heterocycles. The van der Waals surface area contributed by atoms with Crippen LogP contribution in [-0.4, -0.2) is 36.8 Å². The van der Waals surface area contributed by atoms with Gasteiger partial charge in [-0.15, -0.1) is 0 Å². The Morgan fingerprint density at radius 2 is 2.00 bits per heavy atom. The van der Waals surface area contributed by atoms with Crippen LogP contribution in [0.5, 0.6) is 0 Å². The minimum atomic E-state index is -3.07. The fraction of sp³-hybridized carbons (Fsp3) is 0.353. The van der Waals surface area contributed by atoms with Gasteiger partial charge in [0.1, 0.15) is 5.76 Å². The number of sulfone groups is 1. The van der Waals surface area contributed by atoms with E-state index in [4.69, 9.17) is 4.42 Å². The summed E-state index contributed by atoms with van der Waals surface area (Å²) in [6.45, 7) is 2.23.